The standard InChI is InChI=1S/C20H27N5S/c1-4-19-25-16(13-26-19)12-24-20(21-5-2)22-9-8-15-11-23-18-10-14(3)6-7-17(15)18/h6-7,10-11,13,23H,4-5,8-9,12H2,1-3H3,(H2,21,22,24). The van der Waals surface area contributed by atoms with Crippen LogP contribution in [-0.4, -0.2) is 29.0 Å². The van der Waals surface area contributed by atoms with E-state index in [2.05, 4.69) is 76.1 Å². The van der Waals surface area contributed by atoms with Gasteiger partial charge in [-0.05, 0) is 43.9 Å². The van der Waals surface area contributed by atoms with Crippen molar-refractivity contribution in [2.24, 2.45) is 4.99 Å². The van der Waals surface area contributed by atoms with Crippen LogP contribution in [0.15, 0.2) is 34.8 Å². The van der Waals surface area contributed by atoms with Crippen LogP contribution in [0.3, 0.4) is 0 Å². The molecule has 0 saturated carbocycles. The second-order valence-electron chi connectivity index (χ2n) is 6.32. The van der Waals surface area contributed by atoms with Gasteiger partial charge in [0.05, 0.1) is 17.2 Å². The SMILES string of the molecule is CCNC(=NCc1csc(CC)n1)NCCc1c[nH]c2cc(C)ccc12. The average molecular weight is 370 g/mol. The number of hydrogen-bond acceptors (Lipinski definition) is 3. The molecule has 138 valence electrons. The summed E-state index contributed by atoms with van der Waals surface area (Å²) < 4.78 is 0. The summed E-state index contributed by atoms with van der Waals surface area (Å²) in [4.78, 5) is 12.6. The van der Waals surface area contributed by atoms with Crippen molar-refractivity contribution < 1.29 is 0 Å². The van der Waals surface area contributed by atoms with Crippen molar-refractivity contribution in [1.29, 1.82) is 0 Å². The van der Waals surface area contributed by atoms with Crippen molar-refractivity contribution in [3.8, 4) is 0 Å². The molecule has 3 N–H and O–H groups in total. The zero-order valence-corrected chi connectivity index (χ0v) is 16.5. The third kappa shape index (κ3) is 4.64. The van der Waals surface area contributed by atoms with E-state index in [-0.39, 0.29) is 0 Å². The van der Waals surface area contributed by atoms with E-state index >= 15 is 0 Å². The predicted octanol–water partition coefficient (Wildman–Crippen LogP) is 3.79. The number of aliphatic imine (C=N–C) groups is 1. The minimum Gasteiger partial charge on any atom is -0.361 e. The van der Waals surface area contributed by atoms with Gasteiger partial charge in [0.2, 0.25) is 0 Å². The lowest BCUT2D eigenvalue weighted by atomic mass is 10.1. The molecular weight excluding hydrogens is 342 g/mol. The molecule has 0 bridgehead atoms. The number of rotatable bonds is 7. The largest absolute Gasteiger partial charge is 0.361 e. The Morgan fingerprint density at radius 1 is 1.27 bits per heavy atom. The Kier molecular flexibility index (Phi) is 6.28. The van der Waals surface area contributed by atoms with Gasteiger partial charge in [0, 0.05) is 35.6 Å². The van der Waals surface area contributed by atoms with Gasteiger partial charge in [0.15, 0.2) is 5.96 Å². The maximum atomic E-state index is 4.65. The highest BCUT2D eigenvalue weighted by molar-refractivity contribution is 7.09. The van der Waals surface area contributed by atoms with Gasteiger partial charge in [-0.1, -0.05) is 19.1 Å². The molecule has 0 fully saturated rings. The Labute approximate surface area is 159 Å². The summed E-state index contributed by atoms with van der Waals surface area (Å²) in [5, 5.41) is 11.3. The third-order valence-corrected chi connectivity index (χ3v) is 5.30. The second kappa shape index (κ2) is 8.85. The molecule has 5 nitrogen and oxygen atoms in total. The van der Waals surface area contributed by atoms with Crippen LogP contribution < -0.4 is 10.6 Å². The molecule has 3 rings (SSSR count). The number of guanidine groups is 1. The summed E-state index contributed by atoms with van der Waals surface area (Å²) in [7, 11) is 0. The molecule has 0 aliphatic rings. The van der Waals surface area contributed by atoms with Gasteiger partial charge in [0.1, 0.15) is 0 Å². The van der Waals surface area contributed by atoms with Crippen LogP contribution >= 0.6 is 11.3 Å². The molecule has 6 heteroatoms. The lowest BCUT2D eigenvalue weighted by Crippen LogP contribution is -2.38. The van der Waals surface area contributed by atoms with E-state index in [0.29, 0.717) is 6.54 Å². The predicted molar refractivity (Wildman–Crippen MR) is 111 cm³/mol. The van der Waals surface area contributed by atoms with E-state index in [1.807, 2.05) is 0 Å². The van der Waals surface area contributed by atoms with E-state index in [9.17, 15) is 0 Å². The maximum absolute atomic E-state index is 4.65. The normalized spacial score (nSPS) is 11.9. The van der Waals surface area contributed by atoms with Crippen LogP contribution in [0.2, 0.25) is 0 Å². The topological polar surface area (TPSA) is 65.1 Å². The number of benzene rings is 1. The number of H-pyrrole nitrogens is 1. The molecule has 0 aliphatic heterocycles. The first-order valence-electron chi connectivity index (χ1n) is 9.21. The average Bonchev–Trinajstić information content (AvgIpc) is 3.26. The van der Waals surface area contributed by atoms with Crippen LogP contribution in [0, 0.1) is 6.92 Å². The first-order valence-corrected chi connectivity index (χ1v) is 10.1. The number of thiazole rings is 1. The van der Waals surface area contributed by atoms with Gasteiger partial charge in [-0.3, -0.25) is 0 Å². The second-order valence-corrected chi connectivity index (χ2v) is 7.26. The molecule has 2 aromatic heterocycles. The number of aryl methyl sites for hydroxylation is 2. The molecule has 0 radical (unpaired) electrons. The van der Waals surface area contributed by atoms with Crippen molar-refractivity contribution in [2.45, 2.75) is 40.2 Å². The Morgan fingerprint density at radius 3 is 2.92 bits per heavy atom. The minimum absolute atomic E-state index is 0.609. The van der Waals surface area contributed by atoms with Crippen molar-refractivity contribution in [3.63, 3.8) is 0 Å². The highest BCUT2D eigenvalue weighted by Gasteiger charge is 2.05. The summed E-state index contributed by atoms with van der Waals surface area (Å²) in [6, 6.07) is 6.55. The van der Waals surface area contributed by atoms with Crippen molar-refractivity contribution >= 4 is 28.2 Å². The van der Waals surface area contributed by atoms with E-state index in [1.165, 1.54) is 27.0 Å². The monoisotopic (exact) mass is 369 g/mol. The van der Waals surface area contributed by atoms with E-state index in [1.54, 1.807) is 11.3 Å². The minimum atomic E-state index is 0.609. The zero-order valence-electron chi connectivity index (χ0n) is 15.7. The van der Waals surface area contributed by atoms with Crippen LogP contribution in [0.1, 0.15) is 35.7 Å². The summed E-state index contributed by atoms with van der Waals surface area (Å²) in [5.74, 6) is 0.842. The van der Waals surface area contributed by atoms with Gasteiger partial charge in [-0.15, -0.1) is 11.3 Å². The van der Waals surface area contributed by atoms with Crippen molar-refractivity contribution in [1.82, 2.24) is 20.6 Å². The number of fused-ring (bicyclic) bond motifs is 1. The quantitative estimate of drug-likeness (QED) is 0.438. The van der Waals surface area contributed by atoms with Gasteiger partial charge in [-0.25, -0.2) is 9.98 Å². The first kappa shape index (κ1) is 18.5. The Hall–Kier alpha value is -2.34. The highest BCUT2D eigenvalue weighted by atomic mass is 32.1. The molecule has 1 aromatic carbocycles. The molecule has 0 amide bonds. The lowest BCUT2D eigenvalue weighted by molar-refractivity contribution is 0.799. The molecular formula is C20H27N5S. The van der Waals surface area contributed by atoms with E-state index in [4.69, 9.17) is 0 Å². The number of nitrogens with zero attached hydrogens (tertiary/aromatic N) is 2. The molecule has 0 atom stereocenters. The molecule has 0 saturated heterocycles. The number of nitrogens with one attached hydrogen (secondary N) is 3. The zero-order chi connectivity index (χ0) is 18.4. The van der Waals surface area contributed by atoms with E-state index < -0.39 is 0 Å². The summed E-state index contributed by atoms with van der Waals surface area (Å²) >= 11 is 1.71. The van der Waals surface area contributed by atoms with Gasteiger partial charge >= 0.3 is 0 Å². The van der Waals surface area contributed by atoms with Crippen LogP contribution in [0.4, 0.5) is 0 Å². The fraction of sp³-hybridized carbons (Fsp3) is 0.400. The van der Waals surface area contributed by atoms with Crippen LogP contribution in [0.25, 0.3) is 10.9 Å². The molecule has 2 heterocycles. The van der Waals surface area contributed by atoms with Gasteiger partial charge in [-0.2, -0.15) is 0 Å². The summed E-state index contributed by atoms with van der Waals surface area (Å²) in [6.07, 6.45) is 4.04. The molecule has 0 aliphatic carbocycles. The van der Waals surface area contributed by atoms with Crippen LogP contribution in [0.5, 0.6) is 0 Å². The third-order valence-electron chi connectivity index (χ3n) is 4.25. The van der Waals surface area contributed by atoms with Crippen molar-refractivity contribution in [2.75, 3.05) is 13.1 Å². The molecule has 0 spiro atoms. The fourth-order valence-corrected chi connectivity index (χ4v) is 3.64. The number of aromatic nitrogens is 2. The Balaban J connectivity index is 1.58. The van der Waals surface area contributed by atoms with E-state index in [0.717, 1.165) is 37.6 Å². The van der Waals surface area contributed by atoms with Crippen LogP contribution in [-0.2, 0) is 19.4 Å². The lowest BCUT2D eigenvalue weighted by Gasteiger charge is -2.10. The molecule has 26 heavy (non-hydrogen) atoms. The molecule has 0 unspecified atom stereocenters. The molecule has 3 aromatic rings. The smallest absolute Gasteiger partial charge is 0.191 e. The first-order chi connectivity index (χ1) is 12.7. The summed E-state index contributed by atoms with van der Waals surface area (Å²) in [6.45, 7) is 8.62. The van der Waals surface area contributed by atoms with Gasteiger partial charge < -0.3 is 15.6 Å². The number of aromatic amines is 1. The fourth-order valence-electron chi connectivity index (χ4n) is 2.91. The Morgan fingerprint density at radius 2 is 2.15 bits per heavy atom. The Bertz CT molecular complexity index is 877. The highest BCUT2D eigenvalue weighted by Crippen LogP contribution is 2.19. The van der Waals surface area contributed by atoms with Crippen molar-refractivity contribution in [3.05, 3.63) is 51.6 Å². The van der Waals surface area contributed by atoms with Gasteiger partial charge in [0.25, 0.3) is 0 Å². The maximum Gasteiger partial charge on any atom is 0.191 e. The summed E-state index contributed by atoms with van der Waals surface area (Å²) in [5.41, 5.74) is 4.85. The number of hydrogen-bond donors (Lipinski definition) is 3.